The van der Waals surface area contributed by atoms with E-state index in [1.807, 2.05) is 0 Å². The maximum absolute atomic E-state index is 12.8. The molecule has 0 saturated heterocycles. The summed E-state index contributed by atoms with van der Waals surface area (Å²) in [5.41, 5.74) is -0.957. The van der Waals surface area contributed by atoms with Gasteiger partial charge in [0.25, 0.3) is 5.56 Å². The van der Waals surface area contributed by atoms with Crippen molar-refractivity contribution in [3.05, 3.63) is 57.1 Å². The van der Waals surface area contributed by atoms with Gasteiger partial charge in [-0.25, -0.2) is 0 Å². The monoisotopic (exact) mass is 257 g/mol. The molecule has 2 aromatic rings. The van der Waals surface area contributed by atoms with E-state index in [1.54, 1.807) is 0 Å². The highest BCUT2D eigenvalue weighted by Crippen LogP contribution is 2.32. The second-order valence-electron chi connectivity index (χ2n) is 3.90. The average molecular weight is 257 g/mol. The lowest BCUT2D eigenvalue weighted by Crippen LogP contribution is -2.12. The standard InChI is InChI=1S/C12H10F3NO2/c1-7-9(11(17)16-18-7)6-8-4-2-3-5-10(8)12(13,14)15/h2-5H,6H2,1H3,(H,16,17). The number of rotatable bonds is 2. The van der Waals surface area contributed by atoms with Crippen molar-refractivity contribution in [1.82, 2.24) is 5.16 Å². The highest BCUT2D eigenvalue weighted by atomic mass is 19.4. The molecule has 96 valence electrons. The maximum atomic E-state index is 12.8. The summed E-state index contributed by atoms with van der Waals surface area (Å²) in [5, 5.41) is 2.10. The first-order chi connectivity index (χ1) is 8.39. The van der Waals surface area contributed by atoms with Gasteiger partial charge in [-0.2, -0.15) is 18.3 Å². The topological polar surface area (TPSA) is 46.0 Å². The second-order valence-corrected chi connectivity index (χ2v) is 3.90. The minimum Gasteiger partial charge on any atom is -0.384 e. The van der Waals surface area contributed by atoms with Crippen LogP contribution < -0.4 is 5.56 Å². The van der Waals surface area contributed by atoms with Crippen molar-refractivity contribution in [3.63, 3.8) is 0 Å². The molecule has 0 bridgehead atoms. The quantitative estimate of drug-likeness (QED) is 0.899. The number of hydrogen-bond acceptors (Lipinski definition) is 2. The third-order valence-electron chi connectivity index (χ3n) is 2.69. The molecule has 1 aromatic heterocycles. The van der Waals surface area contributed by atoms with E-state index in [0.29, 0.717) is 5.76 Å². The van der Waals surface area contributed by atoms with Crippen molar-refractivity contribution in [2.24, 2.45) is 0 Å². The lowest BCUT2D eigenvalue weighted by Gasteiger charge is -2.11. The maximum Gasteiger partial charge on any atom is 0.416 e. The van der Waals surface area contributed by atoms with E-state index < -0.39 is 17.3 Å². The van der Waals surface area contributed by atoms with Crippen LogP contribution in [0.5, 0.6) is 0 Å². The average Bonchev–Trinajstić information content (AvgIpc) is 2.60. The molecule has 0 aliphatic heterocycles. The third-order valence-corrected chi connectivity index (χ3v) is 2.69. The van der Waals surface area contributed by atoms with Crippen molar-refractivity contribution in [2.75, 3.05) is 0 Å². The zero-order valence-corrected chi connectivity index (χ0v) is 9.47. The number of nitrogens with one attached hydrogen (secondary N) is 1. The lowest BCUT2D eigenvalue weighted by atomic mass is 10.00. The number of halogens is 3. The Balaban J connectivity index is 2.45. The van der Waals surface area contributed by atoms with Crippen LogP contribution in [0.25, 0.3) is 0 Å². The fourth-order valence-corrected chi connectivity index (χ4v) is 1.75. The van der Waals surface area contributed by atoms with Crippen molar-refractivity contribution >= 4 is 0 Å². The highest BCUT2D eigenvalue weighted by molar-refractivity contribution is 5.34. The van der Waals surface area contributed by atoms with Crippen molar-refractivity contribution < 1.29 is 17.7 Å². The number of aryl methyl sites for hydroxylation is 1. The van der Waals surface area contributed by atoms with Crippen LogP contribution in [0.15, 0.2) is 33.6 Å². The Morgan fingerprint density at radius 2 is 1.94 bits per heavy atom. The Morgan fingerprint density at radius 1 is 1.28 bits per heavy atom. The normalized spacial score (nSPS) is 11.8. The summed E-state index contributed by atoms with van der Waals surface area (Å²) < 4.78 is 43.1. The van der Waals surface area contributed by atoms with Gasteiger partial charge in [-0.05, 0) is 18.6 Å². The summed E-state index contributed by atoms with van der Waals surface area (Å²) >= 11 is 0. The van der Waals surface area contributed by atoms with E-state index in [4.69, 9.17) is 4.52 Å². The Kier molecular flexibility index (Phi) is 3.02. The van der Waals surface area contributed by atoms with Gasteiger partial charge < -0.3 is 4.52 Å². The van der Waals surface area contributed by atoms with Crippen molar-refractivity contribution in [1.29, 1.82) is 0 Å². The zero-order valence-electron chi connectivity index (χ0n) is 9.47. The molecular formula is C12H10F3NO2. The number of aromatic nitrogens is 1. The van der Waals surface area contributed by atoms with Crippen LogP contribution in [0.1, 0.15) is 22.5 Å². The first-order valence-corrected chi connectivity index (χ1v) is 5.21. The van der Waals surface area contributed by atoms with Gasteiger partial charge in [0.2, 0.25) is 0 Å². The van der Waals surface area contributed by atoms with E-state index in [2.05, 4.69) is 5.16 Å². The van der Waals surface area contributed by atoms with Crippen LogP contribution in [-0.4, -0.2) is 5.16 Å². The Labute approximate surface area is 100 Å². The third kappa shape index (κ3) is 2.32. The van der Waals surface area contributed by atoms with Crippen LogP contribution in [0, 0.1) is 6.92 Å². The van der Waals surface area contributed by atoms with Gasteiger partial charge in [0.05, 0.1) is 11.1 Å². The molecule has 0 fully saturated rings. The molecule has 0 spiro atoms. The van der Waals surface area contributed by atoms with E-state index in [9.17, 15) is 18.0 Å². The van der Waals surface area contributed by atoms with E-state index in [0.717, 1.165) is 6.07 Å². The summed E-state index contributed by atoms with van der Waals surface area (Å²) in [5.74, 6) is 0.303. The van der Waals surface area contributed by atoms with Crippen molar-refractivity contribution in [2.45, 2.75) is 19.5 Å². The highest BCUT2D eigenvalue weighted by Gasteiger charge is 2.33. The van der Waals surface area contributed by atoms with E-state index >= 15 is 0 Å². The first kappa shape index (κ1) is 12.5. The number of alkyl halides is 3. The Bertz CT molecular complexity index is 610. The molecule has 1 aromatic carbocycles. The molecular weight excluding hydrogens is 247 g/mol. The molecule has 2 rings (SSSR count). The molecule has 0 atom stereocenters. The van der Waals surface area contributed by atoms with Gasteiger partial charge in [-0.1, -0.05) is 18.2 Å². The van der Waals surface area contributed by atoms with E-state index in [1.165, 1.54) is 25.1 Å². The van der Waals surface area contributed by atoms with Gasteiger partial charge in [-0.3, -0.25) is 4.79 Å². The van der Waals surface area contributed by atoms with Crippen LogP contribution in [0.2, 0.25) is 0 Å². The van der Waals surface area contributed by atoms with E-state index in [-0.39, 0.29) is 17.5 Å². The molecule has 0 aliphatic carbocycles. The minimum atomic E-state index is -4.43. The Hall–Kier alpha value is -1.98. The molecule has 0 saturated carbocycles. The number of benzene rings is 1. The van der Waals surface area contributed by atoms with Crippen LogP contribution in [0.3, 0.4) is 0 Å². The molecule has 18 heavy (non-hydrogen) atoms. The lowest BCUT2D eigenvalue weighted by molar-refractivity contribution is -0.138. The van der Waals surface area contributed by atoms with Gasteiger partial charge in [0.15, 0.2) is 0 Å². The molecule has 1 N–H and O–H groups in total. The molecule has 0 radical (unpaired) electrons. The summed E-state index contributed by atoms with van der Waals surface area (Å²) in [6, 6.07) is 5.18. The van der Waals surface area contributed by atoms with Crippen molar-refractivity contribution in [3.8, 4) is 0 Å². The largest absolute Gasteiger partial charge is 0.416 e. The van der Waals surface area contributed by atoms with Crippen LogP contribution in [0.4, 0.5) is 13.2 Å². The summed E-state index contributed by atoms with van der Waals surface area (Å²) in [4.78, 5) is 11.4. The molecule has 6 heteroatoms. The van der Waals surface area contributed by atoms with Gasteiger partial charge in [-0.15, -0.1) is 0 Å². The molecule has 3 nitrogen and oxygen atoms in total. The SMILES string of the molecule is Cc1o[nH]c(=O)c1Cc1ccccc1C(F)(F)F. The van der Waals surface area contributed by atoms with Crippen LogP contribution in [-0.2, 0) is 12.6 Å². The first-order valence-electron chi connectivity index (χ1n) is 5.21. The Morgan fingerprint density at radius 3 is 2.50 bits per heavy atom. The molecule has 0 unspecified atom stereocenters. The molecule has 0 amide bonds. The van der Waals surface area contributed by atoms with Crippen LogP contribution >= 0.6 is 0 Å². The number of hydrogen-bond donors (Lipinski definition) is 1. The summed E-state index contributed by atoms with van der Waals surface area (Å²) in [6.45, 7) is 1.53. The summed E-state index contributed by atoms with van der Waals surface area (Å²) in [6.07, 6.45) is -4.53. The number of aromatic amines is 1. The molecule has 0 aliphatic rings. The fraction of sp³-hybridized carbons (Fsp3) is 0.250. The zero-order chi connectivity index (χ0) is 13.3. The minimum absolute atomic E-state index is 0.0556. The van der Waals surface area contributed by atoms with Gasteiger partial charge in [0.1, 0.15) is 5.76 Å². The predicted octanol–water partition coefficient (Wildman–Crippen LogP) is 2.89. The summed E-state index contributed by atoms with van der Waals surface area (Å²) in [7, 11) is 0. The predicted molar refractivity (Wildman–Crippen MR) is 58.3 cm³/mol. The number of H-pyrrole nitrogens is 1. The second kappa shape index (κ2) is 4.36. The van der Waals surface area contributed by atoms with Gasteiger partial charge in [0, 0.05) is 6.42 Å². The fourth-order valence-electron chi connectivity index (χ4n) is 1.75. The molecule has 1 heterocycles. The smallest absolute Gasteiger partial charge is 0.384 e. The van der Waals surface area contributed by atoms with Gasteiger partial charge >= 0.3 is 6.18 Å².